The fraction of sp³-hybridized carbons (Fsp3) is 0.714. The summed E-state index contributed by atoms with van der Waals surface area (Å²) in [7, 11) is -1.79. The van der Waals surface area contributed by atoms with E-state index in [0.717, 1.165) is 5.56 Å². The highest BCUT2D eigenvalue weighted by atomic mass is 28.4. The number of hydrogen-bond donors (Lipinski definition) is 2. The lowest BCUT2D eigenvalue weighted by atomic mass is 10.1. The van der Waals surface area contributed by atoms with Crippen LogP contribution in [-0.2, 0) is 17.5 Å². The first-order chi connectivity index (χ1) is 8.67. The van der Waals surface area contributed by atoms with Gasteiger partial charge >= 0.3 is 0 Å². The molecule has 1 aromatic rings. The summed E-state index contributed by atoms with van der Waals surface area (Å²) in [6.07, 6.45) is 1.14. The Labute approximate surface area is 116 Å². The minimum absolute atomic E-state index is 0.168. The number of furan rings is 1. The van der Waals surface area contributed by atoms with Gasteiger partial charge in [-0.1, -0.05) is 20.8 Å². The monoisotopic (exact) mass is 286 g/mol. The van der Waals surface area contributed by atoms with Crippen molar-refractivity contribution in [3.05, 3.63) is 23.7 Å². The van der Waals surface area contributed by atoms with Crippen molar-refractivity contribution in [1.29, 1.82) is 0 Å². The molecular formula is C14H26O4Si. The van der Waals surface area contributed by atoms with Gasteiger partial charge in [-0.25, -0.2) is 0 Å². The van der Waals surface area contributed by atoms with Crippen molar-refractivity contribution in [2.45, 2.75) is 58.0 Å². The maximum Gasteiger partial charge on any atom is 0.192 e. The first-order valence-corrected chi connectivity index (χ1v) is 9.56. The lowest BCUT2D eigenvalue weighted by Gasteiger charge is -2.36. The van der Waals surface area contributed by atoms with Gasteiger partial charge in [0.25, 0.3) is 0 Å². The van der Waals surface area contributed by atoms with E-state index in [4.69, 9.17) is 13.9 Å². The predicted octanol–water partition coefficient (Wildman–Crippen LogP) is 2.70. The zero-order valence-corrected chi connectivity index (χ0v) is 13.6. The highest BCUT2D eigenvalue weighted by Gasteiger charge is 2.37. The van der Waals surface area contributed by atoms with Gasteiger partial charge in [-0.3, -0.25) is 0 Å². The third kappa shape index (κ3) is 4.45. The van der Waals surface area contributed by atoms with Gasteiger partial charge in [0.05, 0.1) is 25.6 Å². The van der Waals surface area contributed by atoms with Crippen LogP contribution in [0.5, 0.6) is 0 Å². The Morgan fingerprint density at radius 3 is 2.53 bits per heavy atom. The molecule has 0 bridgehead atoms. The molecule has 0 saturated heterocycles. The van der Waals surface area contributed by atoms with E-state index in [-0.39, 0.29) is 11.6 Å². The van der Waals surface area contributed by atoms with Gasteiger partial charge < -0.3 is 19.1 Å². The quantitative estimate of drug-likeness (QED) is 0.789. The number of aliphatic hydroxyl groups excluding tert-OH is 2. The number of aliphatic hydroxyl groups is 2. The molecule has 0 amide bonds. The van der Waals surface area contributed by atoms with E-state index in [1.165, 1.54) is 0 Å². The van der Waals surface area contributed by atoms with Crippen LogP contribution >= 0.6 is 0 Å². The molecule has 1 heterocycles. The molecule has 0 aliphatic carbocycles. The Hall–Kier alpha value is -0.623. The lowest BCUT2D eigenvalue weighted by molar-refractivity contribution is 0.0905. The fourth-order valence-corrected chi connectivity index (χ4v) is 2.38. The first kappa shape index (κ1) is 16.4. The second-order valence-electron chi connectivity index (χ2n) is 6.46. The zero-order valence-electron chi connectivity index (χ0n) is 12.6. The average Bonchev–Trinajstić information content (AvgIpc) is 2.72. The van der Waals surface area contributed by atoms with E-state index >= 15 is 0 Å². The van der Waals surface area contributed by atoms with Gasteiger partial charge in [-0.2, -0.15) is 0 Å². The van der Waals surface area contributed by atoms with Crippen molar-refractivity contribution < 1.29 is 19.1 Å². The van der Waals surface area contributed by atoms with Crippen LogP contribution in [0.25, 0.3) is 0 Å². The lowest BCUT2D eigenvalue weighted by Crippen LogP contribution is -2.40. The molecule has 1 aromatic heterocycles. The molecular weight excluding hydrogens is 260 g/mol. The molecule has 1 rings (SSSR count). The SMILES string of the molecule is CC(C)(C)[Si](C)(C)OCc1ccoc1CC(O)CO. The van der Waals surface area contributed by atoms with Gasteiger partial charge in [0.2, 0.25) is 0 Å². The summed E-state index contributed by atoms with van der Waals surface area (Å²) in [5.41, 5.74) is 0.956. The Kier molecular flexibility index (Phi) is 5.38. The summed E-state index contributed by atoms with van der Waals surface area (Å²) in [5, 5.41) is 18.5. The number of rotatable bonds is 6. The molecule has 0 fully saturated rings. The van der Waals surface area contributed by atoms with Crippen LogP contribution in [0.15, 0.2) is 16.7 Å². The van der Waals surface area contributed by atoms with Gasteiger partial charge in [0, 0.05) is 12.0 Å². The maximum absolute atomic E-state index is 9.47. The highest BCUT2D eigenvalue weighted by Crippen LogP contribution is 2.37. The molecule has 1 unspecified atom stereocenters. The van der Waals surface area contributed by atoms with Gasteiger partial charge in [0.15, 0.2) is 8.32 Å². The van der Waals surface area contributed by atoms with Crippen LogP contribution in [0.1, 0.15) is 32.1 Å². The highest BCUT2D eigenvalue weighted by molar-refractivity contribution is 6.74. The van der Waals surface area contributed by atoms with Crippen molar-refractivity contribution in [3.63, 3.8) is 0 Å². The second kappa shape index (κ2) is 6.22. The minimum Gasteiger partial charge on any atom is -0.469 e. The van der Waals surface area contributed by atoms with Crippen LogP contribution in [-0.4, -0.2) is 31.2 Å². The van der Waals surface area contributed by atoms with E-state index < -0.39 is 14.4 Å². The van der Waals surface area contributed by atoms with Crippen LogP contribution in [0.2, 0.25) is 18.1 Å². The first-order valence-electron chi connectivity index (χ1n) is 6.65. The molecule has 0 radical (unpaired) electrons. The van der Waals surface area contributed by atoms with E-state index in [1.807, 2.05) is 6.07 Å². The third-order valence-electron chi connectivity index (χ3n) is 3.86. The topological polar surface area (TPSA) is 62.8 Å². The van der Waals surface area contributed by atoms with Crippen molar-refractivity contribution in [3.8, 4) is 0 Å². The van der Waals surface area contributed by atoms with E-state index in [0.29, 0.717) is 18.8 Å². The maximum atomic E-state index is 9.47. The second-order valence-corrected chi connectivity index (χ2v) is 11.3. The molecule has 0 spiro atoms. The summed E-state index contributed by atoms with van der Waals surface area (Å²) in [5.74, 6) is 0.695. The van der Waals surface area contributed by atoms with Crippen LogP contribution < -0.4 is 0 Å². The van der Waals surface area contributed by atoms with Crippen LogP contribution in [0.4, 0.5) is 0 Å². The van der Waals surface area contributed by atoms with Crippen molar-refractivity contribution >= 4 is 8.32 Å². The number of hydrogen-bond acceptors (Lipinski definition) is 4. The molecule has 2 N–H and O–H groups in total. The molecule has 0 saturated carbocycles. The van der Waals surface area contributed by atoms with Gasteiger partial charge in [-0.15, -0.1) is 0 Å². The molecule has 4 nitrogen and oxygen atoms in total. The molecule has 1 atom stereocenters. The third-order valence-corrected chi connectivity index (χ3v) is 8.34. The molecule has 0 aliphatic rings. The Morgan fingerprint density at radius 1 is 1.37 bits per heavy atom. The molecule has 0 aliphatic heterocycles. The van der Waals surface area contributed by atoms with Crippen LogP contribution in [0.3, 0.4) is 0 Å². The van der Waals surface area contributed by atoms with Crippen molar-refractivity contribution in [2.24, 2.45) is 0 Å². The zero-order chi connectivity index (χ0) is 14.7. The summed E-state index contributed by atoms with van der Waals surface area (Å²) in [6, 6.07) is 1.87. The summed E-state index contributed by atoms with van der Waals surface area (Å²) in [4.78, 5) is 0. The van der Waals surface area contributed by atoms with Crippen molar-refractivity contribution in [1.82, 2.24) is 0 Å². The molecule has 110 valence electrons. The standard InChI is InChI=1S/C14H26O4Si/c1-14(2,3)19(4,5)18-10-11-6-7-17-13(11)8-12(16)9-15/h6-7,12,15-16H,8-10H2,1-5H3. The van der Waals surface area contributed by atoms with E-state index in [1.54, 1.807) is 6.26 Å². The predicted molar refractivity (Wildman–Crippen MR) is 77.5 cm³/mol. The molecule has 19 heavy (non-hydrogen) atoms. The summed E-state index contributed by atoms with van der Waals surface area (Å²) in [6.45, 7) is 11.2. The van der Waals surface area contributed by atoms with E-state index in [9.17, 15) is 5.11 Å². The Morgan fingerprint density at radius 2 is 2.00 bits per heavy atom. The molecule has 5 heteroatoms. The minimum atomic E-state index is -1.79. The summed E-state index contributed by atoms with van der Waals surface area (Å²) < 4.78 is 11.5. The van der Waals surface area contributed by atoms with Gasteiger partial charge in [-0.05, 0) is 24.2 Å². The average molecular weight is 286 g/mol. The van der Waals surface area contributed by atoms with Crippen LogP contribution in [0, 0.1) is 0 Å². The molecule has 0 aromatic carbocycles. The largest absolute Gasteiger partial charge is 0.469 e. The summed E-state index contributed by atoms with van der Waals surface area (Å²) >= 11 is 0. The van der Waals surface area contributed by atoms with E-state index in [2.05, 4.69) is 33.9 Å². The smallest absolute Gasteiger partial charge is 0.192 e. The Bertz CT molecular complexity index is 392. The normalized spacial score (nSPS) is 14.7. The Balaban J connectivity index is 2.66. The van der Waals surface area contributed by atoms with Gasteiger partial charge in [0.1, 0.15) is 5.76 Å². The van der Waals surface area contributed by atoms with Crippen molar-refractivity contribution in [2.75, 3.05) is 6.61 Å². The fourth-order valence-electron chi connectivity index (χ4n) is 1.43.